The zero-order valence-electron chi connectivity index (χ0n) is 18.2. The van der Waals surface area contributed by atoms with Crippen molar-refractivity contribution in [3.8, 4) is 5.75 Å². The lowest BCUT2D eigenvalue weighted by Crippen LogP contribution is -2.32. The number of hydrogen-bond donors (Lipinski definition) is 2. The number of nitrogens with one attached hydrogen (secondary N) is 2. The quantitative estimate of drug-likeness (QED) is 0.583. The molecule has 0 aliphatic carbocycles. The number of para-hydroxylation sites is 3. The number of methoxy groups -OCH3 is 1. The van der Waals surface area contributed by atoms with E-state index < -0.39 is 10.0 Å². The van der Waals surface area contributed by atoms with E-state index in [-0.39, 0.29) is 37.2 Å². The maximum atomic E-state index is 12.5. The molecular weight excluding hydrogens is 418 g/mol. The predicted octanol–water partition coefficient (Wildman–Crippen LogP) is 3.02. The van der Waals surface area contributed by atoms with E-state index in [1.165, 1.54) is 11.4 Å². The second-order valence-electron chi connectivity index (χ2n) is 7.33. The molecule has 0 saturated heterocycles. The molecule has 2 aromatic carbocycles. The van der Waals surface area contributed by atoms with Crippen molar-refractivity contribution in [1.29, 1.82) is 0 Å². The van der Waals surface area contributed by atoms with Crippen LogP contribution in [0, 0.1) is 0 Å². The average Bonchev–Trinajstić information content (AvgIpc) is 2.70. The summed E-state index contributed by atoms with van der Waals surface area (Å²) in [5.41, 5.74) is 1.20. The third kappa shape index (κ3) is 6.99. The summed E-state index contributed by atoms with van der Waals surface area (Å²) >= 11 is 0. The number of nitrogens with zero attached hydrogens (tertiary/aromatic N) is 1. The van der Waals surface area contributed by atoms with Gasteiger partial charge in [-0.3, -0.25) is 13.9 Å². The van der Waals surface area contributed by atoms with Crippen molar-refractivity contribution in [2.75, 3.05) is 29.5 Å². The summed E-state index contributed by atoms with van der Waals surface area (Å²) < 4.78 is 31.1. The van der Waals surface area contributed by atoms with Gasteiger partial charge in [0.2, 0.25) is 15.9 Å². The van der Waals surface area contributed by atoms with Crippen LogP contribution < -0.4 is 19.7 Å². The summed E-state index contributed by atoms with van der Waals surface area (Å²) in [5.74, 6) is -0.147. The predicted molar refractivity (Wildman–Crippen MR) is 122 cm³/mol. The van der Waals surface area contributed by atoms with E-state index >= 15 is 0 Å². The van der Waals surface area contributed by atoms with Crippen LogP contribution in [-0.2, 0) is 14.8 Å². The summed E-state index contributed by atoms with van der Waals surface area (Å²) in [4.78, 5) is 24.8. The van der Waals surface area contributed by atoms with E-state index in [9.17, 15) is 18.0 Å². The Hall–Kier alpha value is -3.07. The third-order valence-electron chi connectivity index (χ3n) is 4.38. The van der Waals surface area contributed by atoms with Gasteiger partial charge in [0.05, 0.1) is 30.3 Å². The Morgan fingerprint density at radius 1 is 1.06 bits per heavy atom. The number of sulfonamides is 1. The van der Waals surface area contributed by atoms with Crippen LogP contribution in [0.1, 0.15) is 37.0 Å². The highest BCUT2D eigenvalue weighted by atomic mass is 32.2. The van der Waals surface area contributed by atoms with Crippen molar-refractivity contribution in [3.63, 3.8) is 0 Å². The van der Waals surface area contributed by atoms with E-state index in [0.717, 1.165) is 6.26 Å². The zero-order valence-corrected chi connectivity index (χ0v) is 19.0. The minimum Gasteiger partial charge on any atom is -0.495 e. The number of hydrogen-bond acceptors (Lipinski definition) is 5. The molecule has 0 aliphatic heterocycles. The number of benzene rings is 2. The van der Waals surface area contributed by atoms with Crippen molar-refractivity contribution in [3.05, 3.63) is 54.1 Å². The lowest BCUT2D eigenvalue weighted by atomic mass is 10.1. The Morgan fingerprint density at radius 3 is 2.35 bits per heavy atom. The maximum Gasteiger partial charge on any atom is 0.253 e. The van der Waals surface area contributed by atoms with Gasteiger partial charge in [0.15, 0.2) is 0 Å². The molecule has 0 heterocycles. The molecular formula is C22H29N3O5S. The third-order valence-corrected chi connectivity index (χ3v) is 5.56. The standard InChI is InChI=1S/C22H29N3O5S/c1-16(2)23-22(27)17-10-5-6-11-18(17)24-21(26)14-9-15-25(31(4,28)29)19-12-7-8-13-20(19)30-3/h5-8,10-13,16H,9,14-15H2,1-4H3,(H,23,27)(H,24,26). The van der Waals surface area contributed by atoms with Crippen molar-refractivity contribution in [2.45, 2.75) is 32.7 Å². The van der Waals surface area contributed by atoms with E-state index in [0.29, 0.717) is 22.7 Å². The van der Waals surface area contributed by atoms with Crippen molar-refractivity contribution in [2.24, 2.45) is 0 Å². The Kier molecular flexibility index (Phi) is 8.44. The minimum absolute atomic E-state index is 0.0341. The Labute approximate surface area is 183 Å². The van der Waals surface area contributed by atoms with E-state index in [4.69, 9.17) is 4.74 Å². The van der Waals surface area contributed by atoms with E-state index in [1.54, 1.807) is 48.5 Å². The molecule has 2 N–H and O–H groups in total. The first-order valence-corrected chi connectivity index (χ1v) is 11.8. The highest BCUT2D eigenvalue weighted by Gasteiger charge is 2.21. The summed E-state index contributed by atoms with van der Waals surface area (Å²) in [6.07, 6.45) is 1.49. The SMILES string of the molecule is COc1ccccc1N(CCCC(=O)Nc1ccccc1C(=O)NC(C)C)S(C)(=O)=O. The molecule has 8 nitrogen and oxygen atoms in total. The molecule has 2 amide bonds. The molecule has 0 radical (unpaired) electrons. The van der Waals surface area contributed by atoms with Gasteiger partial charge in [0, 0.05) is 19.0 Å². The Morgan fingerprint density at radius 2 is 1.71 bits per heavy atom. The van der Waals surface area contributed by atoms with Gasteiger partial charge in [-0.2, -0.15) is 0 Å². The fourth-order valence-electron chi connectivity index (χ4n) is 3.03. The Balaban J connectivity index is 2.05. The van der Waals surface area contributed by atoms with Gasteiger partial charge in [-0.05, 0) is 44.5 Å². The second-order valence-corrected chi connectivity index (χ2v) is 9.24. The van der Waals surface area contributed by atoms with Crippen LogP contribution in [0.4, 0.5) is 11.4 Å². The van der Waals surface area contributed by atoms with Crippen molar-refractivity contribution < 1.29 is 22.7 Å². The van der Waals surface area contributed by atoms with Crippen LogP contribution in [-0.4, -0.2) is 46.2 Å². The normalized spacial score (nSPS) is 11.1. The molecule has 2 aromatic rings. The first-order chi connectivity index (χ1) is 14.6. The minimum atomic E-state index is -3.57. The van der Waals surface area contributed by atoms with Crippen LogP contribution in [0.25, 0.3) is 0 Å². The molecule has 9 heteroatoms. The summed E-state index contributed by atoms with van der Waals surface area (Å²) in [5, 5.41) is 5.55. The smallest absolute Gasteiger partial charge is 0.253 e. The molecule has 0 saturated carbocycles. The van der Waals surface area contributed by atoms with Gasteiger partial charge in [-0.15, -0.1) is 0 Å². The van der Waals surface area contributed by atoms with Crippen LogP contribution >= 0.6 is 0 Å². The Bertz CT molecular complexity index is 1020. The van der Waals surface area contributed by atoms with Gasteiger partial charge < -0.3 is 15.4 Å². The molecule has 0 unspecified atom stereocenters. The second kappa shape index (κ2) is 10.8. The van der Waals surface area contributed by atoms with Crippen LogP contribution in [0.2, 0.25) is 0 Å². The number of rotatable bonds is 10. The molecule has 0 spiro atoms. The average molecular weight is 448 g/mol. The van der Waals surface area contributed by atoms with Crippen LogP contribution in [0.15, 0.2) is 48.5 Å². The molecule has 2 rings (SSSR count). The first kappa shape index (κ1) is 24.2. The molecule has 0 aliphatic rings. The summed E-state index contributed by atoms with van der Waals surface area (Å²) in [6.45, 7) is 3.82. The fourth-order valence-corrected chi connectivity index (χ4v) is 4.00. The topological polar surface area (TPSA) is 105 Å². The molecule has 0 atom stereocenters. The number of amides is 2. The fraction of sp³-hybridized carbons (Fsp3) is 0.364. The van der Waals surface area contributed by atoms with Gasteiger partial charge in [-0.1, -0.05) is 24.3 Å². The lowest BCUT2D eigenvalue weighted by molar-refractivity contribution is -0.116. The maximum absolute atomic E-state index is 12.5. The molecule has 0 aromatic heterocycles. The van der Waals surface area contributed by atoms with Gasteiger partial charge >= 0.3 is 0 Å². The van der Waals surface area contributed by atoms with E-state index in [2.05, 4.69) is 10.6 Å². The summed E-state index contributed by atoms with van der Waals surface area (Å²) in [6, 6.07) is 13.5. The number of anilines is 2. The first-order valence-electron chi connectivity index (χ1n) is 9.94. The van der Waals surface area contributed by atoms with Gasteiger partial charge in [0.1, 0.15) is 5.75 Å². The molecule has 0 bridgehead atoms. The zero-order chi connectivity index (χ0) is 23.0. The number of ether oxygens (including phenoxy) is 1. The molecule has 168 valence electrons. The molecule has 0 fully saturated rings. The highest BCUT2D eigenvalue weighted by molar-refractivity contribution is 7.92. The van der Waals surface area contributed by atoms with Crippen LogP contribution in [0.3, 0.4) is 0 Å². The van der Waals surface area contributed by atoms with Crippen molar-refractivity contribution >= 4 is 33.2 Å². The van der Waals surface area contributed by atoms with E-state index in [1.807, 2.05) is 13.8 Å². The monoisotopic (exact) mass is 447 g/mol. The number of carbonyl (C=O) groups is 2. The highest BCUT2D eigenvalue weighted by Crippen LogP contribution is 2.29. The van der Waals surface area contributed by atoms with Gasteiger partial charge in [0.25, 0.3) is 5.91 Å². The van der Waals surface area contributed by atoms with Crippen LogP contribution in [0.5, 0.6) is 5.75 Å². The molecule has 31 heavy (non-hydrogen) atoms. The van der Waals surface area contributed by atoms with Gasteiger partial charge in [-0.25, -0.2) is 8.42 Å². The summed E-state index contributed by atoms with van der Waals surface area (Å²) in [7, 11) is -2.10. The lowest BCUT2D eigenvalue weighted by Gasteiger charge is -2.24. The van der Waals surface area contributed by atoms with Crippen molar-refractivity contribution in [1.82, 2.24) is 5.32 Å². The largest absolute Gasteiger partial charge is 0.495 e. The number of carbonyl (C=O) groups excluding carboxylic acids is 2.